The molecule has 2 heterocycles. The molecular formula is C18H19N3O4S. The van der Waals surface area contributed by atoms with Gasteiger partial charge in [-0.15, -0.1) is 0 Å². The Morgan fingerprint density at radius 1 is 1.27 bits per heavy atom. The second kappa shape index (κ2) is 6.37. The number of aromatic nitrogens is 1. The molecule has 0 saturated carbocycles. The van der Waals surface area contributed by atoms with Gasteiger partial charge in [-0.05, 0) is 48.9 Å². The van der Waals surface area contributed by atoms with Gasteiger partial charge in [0.15, 0.2) is 0 Å². The first kappa shape index (κ1) is 17.0. The summed E-state index contributed by atoms with van der Waals surface area (Å²) < 4.78 is 0. The molecule has 0 radical (unpaired) electrons. The highest BCUT2D eigenvalue weighted by molar-refractivity contribution is 7.09. The van der Waals surface area contributed by atoms with Gasteiger partial charge in [0.05, 0.1) is 12.0 Å². The molecule has 2 aliphatic rings. The fourth-order valence-corrected chi connectivity index (χ4v) is 4.54. The third-order valence-electron chi connectivity index (χ3n) is 5.34. The summed E-state index contributed by atoms with van der Waals surface area (Å²) >= 11 is 0.960. The van der Waals surface area contributed by atoms with E-state index in [1.54, 1.807) is 12.1 Å². The number of carbonyl (C=O) groups excluding carboxylic acids is 2. The highest BCUT2D eigenvalue weighted by Crippen LogP contribution is 2.41. The Morgan fingerprint density at radius 2 is 2.12 bits per heavy atom. The first-order valence-corrected chi connectivity index (χ1v) is 9.37. The van der Waals surface area contributed by atoms with Crippen LogP contribution >= 0.6 is 11.3 Å². The van der Waals surface area contributed by atoms with Crippen LogP contribution in [-0.4, -0.2) is 33.6 Å². The van der Waals surface area contributed by atoms with E-state index in [1.165, 1.54) is 6.20 Å². The summed E-state index contributed by atoms with van der Waals surface area (Å²) in [6, 6.07) is 5.38. The van der Waals surface area contributed by atoms with Crippen LogP contribution in [0.5, 0.6) is 0 Å². The Bertz CT molecular complexity index is 935. The molecule has 7 nitrogen and oxygen atoms in total. The summed E-state index contributed by atoms with van der Waals surface area (Å²) in [5.74, 6) is -0.372. The predicted octanol–water partition coefficient (Wildman–Crippen LogP) is 1.46. The molecule has 1 aromatic carbocycles. The fraction of sp³-hybridized carbons (Fsp3) is 0.389. The molecule has 1 aliphatic carbocycles. The summed E-state index contributed by atoms with van der Waals surface area (Å²) in [5, 5.41) is 13.6. The van der Waals surface area contributed by atoms with Crippen molar-refractivity contribution in [2.24, 2.45) is 5.41 Å². The molecule has 1 atom stereocenters. The van der Waals surface area contributed by atoms with E-state index in [4.69, 9.17) is 0 Å². The van der Waals surface area contributed by atoms with Crippen LogP contribution in [0.1, 0.15) is 39.2 Å². The molecule has 4 rings (SSSR count). The molecule has 1 aliphatic heterocycles. The van der Waals surface area contributed by atoms with Crippen molar-refractivity contribution in [3.63, 3.8) is 0 Å². The second-order valence-electron chi connectivity index (χ2n) is 6.95. The Labute approximate surface area is 153 Å². The minimum absolute atomic E-state index is 0.0391. The van der Waals surface area contributed by atoms with Gasteiger partial charge in [0.25, 0.3) is 5.91 Å². The molecule has 0 bridgehead atoms. The van der Waals surface area contributed by atoms with E-state index in [2.05, 4.69) is 10.3 Å². The van der Waals surface area contributed by atoms with Crippen LogP contribution in [0.15, 0.2) is 29.2 Å². The molecule has 1 spiro atoms. The van der Waals surface area contributed by atoms with Gasteiger partial charge in [-0.1, -0.05) is 17.4 Å². The van der Waals surface area contributed by atoms with E-state index < -0.39 is 5.91 Å². The fourth-order valence-electron chi connectivity index (χ4n) is 3.88. The Kier molecular flexibility index (Phi) is 4.16. The van der Waals surface area contributed by atoms with Crippen LogP contribution in [0, 0.1) is 5.41 Å². The lowest BCUT2D eigenvalue weighted by Gasteiger charge is -2.32. The summed E-state index contributed by atoms with van der Waals surface area (Å²) in [6.07, 6.45) is 4.57. The van der Waals surface area contributed by atoms with E-state index in [0.29, 0.717) is 21.9 Å². The maximum absolute atomic E-state index is 12.5. The van der Waals surface area contributed by atoms with Crippen molar-refractivity contribution in [3.8, 4) is 0 Å². The third-order valence-corrected chi connectivity index (χ3v) is 6.15. The summed E-state index contributed by atoms with van der Waals surface area (Å²) in [6.45, 7) is 0.692. The number of carbonyl (C=O) groups is 2. The van der Waals surface area contributed by atoms with Crippen molar-refractivity contribution in [1.82, 2.24) is 15.4 Å². The zero-order chi connectivity index (χ0) is 18.3. The minimum Gasteiger partial charge on any atom is -0.356 e. The van der Waals surface area contributed by atoms with Crippen molar-refractivity contribution in [1.29, 1.82) is 0 Å². The maximum atomic E-state index is 12.5. The number of rotatable bonds is 3. The van der Waals surface area contributed by atoms with Crippen LogP contribution in [0.25, 0.3) is 0 Å². The van der Waals surface area contributed by atoms with Crippen LogP contribution in [-0.2, 0) is 24.2 Å². The minimum atomic E-state index is -0.507. The van der Waals surface area contributed by atoms with Gasteiger partial charge < -0.3 is 10.3 Å². The van der Waals surface area contributed by atoms with Gasteiger partial charge in [-0.2, -0.15) is 0 Å². The number of fused-ring (bicyclic) bond motifs is 1. The number of benzene rings is 1. The number of hydroxylamine groups is 2. The summed E-state index contributed by atoms with van der Waals surface area (Å²) in [5.41, 5.74) is 2.26. The van der Waals surface area contributed by atoms with E-state index in [-0.39, 0.29) is 22.7 Å². The Morgan fingerprint density at radius 3 is 2.81 bits per heavy atom. The quantitative estimate of drug-likeness (QED) is 0.560. The first-order chi connectivity index (χ1) is 12.5. The number of hydrogen-bond donors (Lipinski definition) is 3. The highest BCUT2D eigenvalue weighted by atomic mass is 32.1. The normalized spacial score (nSPS) is 21.5. The number of H-pyrrole nitrogens is 1. The van der Waals surface area contributed by atoms with Crippen LogP contribution in [0.3, 0.4) is 0 Å². The van der Waals surface area contributed by atoms with Gasteiger partial charge in [0.2, 0.25) is 5.91 Å². The molecule has 1 fully saturated rings. The lowest BCUT2D eigenvalue weighted by atomic mass is 9.70. The van der Waals surface area contributed by atoms with E-state index >= 15 is 0 Å². The van der Waals surface area contributed by atoms with Gasteiger partial charge >= 0.3 is 4.87 Å². The van der Waals surface area contributed by atoms with Crippen molar-refractivity contribution in [3.05, 3.63) is 55.6 Å². The largest absolute Gasteiger partial charge is 0.356 e. The van der Waals surface area contributed by atoms with Gasteiger partial charge in [-0.3, -0.25) is 19.6 Å². The molecule has 136 valence electrons. The molecule has 2 aromatic rings. The predicted molar refractivity (Wildman–Crippen MR) is 95.1 cm³/mol. The number of aromatic amines is 1. The number of aryl methyl sites for hydroxylation is 1. The number of amides is 2. The molecule has 26 heavy (non-hydrogen) atoms. The third kappa shape index (κ3) is 2.95. The lowest BCUT2D eigenvalue weighted by Crippen LogP contribution is -2.36. The van der Waals surface area contributed by atoms with Gasteiger partial charge in [-0.25, -0.2) is 5.06 Å². The van der Waals surface area contributed by atoms with Crippen molar-refractivity contribution in [2.75, 3.05) is 6.54 Å². The Hall–Kier alpha value is -2.45. The first-order valence-electron chi connectivity index (χ1n) is 8.55. The van der Waals surface area contributed by atoms with Crippen LogP contribution < -0.4 is 10.2 Å². The van der Waals surface area contributed by atoms with Crippen molar-refractivity contribution < 1.29 is 14.8 Å². The van der Waals surface area contributed by atoms with Crippen molar-refractivity contribution in [2.45, 2.75) is 32.2 Å². The highest BCUT2D eigenvalue weighted by Gasteiger charge is 2.44. The summed E-state index contributed by atoms with van der Waals surface area (Å²) in [4.78, 5) is 38.7. The molecule has 2 amide bonds. The average Bonchev–Trinajstić information content (AvgIpc) is 3.20. The SMILES string of the molecule is O=C(c1ccc2c(c1)CC[C@]1(CCNC1=O)C2)N(O)Cc1c[nH]c(=O)s1. The smallest absolute Gasteiger partial charge is 0.304 e. The van der Waals surface area contributed by atoms with E-state index in [9.17, 15) is 19.6 Å². The second-order valence-corrected chi connectivity index (χ2v) is 8.05. The topological polar surface area (TPSA) is 102 Å². The molecule has 3 N–H and O–H groups in total. The van der Waals surface area contributed by atoms with Gasteiger partial charge in [0, 0.05) is 23.2 Å². The van der Waals surface area contributed by atoms with Crippen molar-refractivity contribution >= 4 is 23.2 Å². The molecule has 1 aromatic heterocycles. The summed E-state index contributed by atoms with van der Waals surface area (Å²) in [7, 11) is 0. The van der Waals surface area contributed by atoms with Gasteiger partial charge in [0.1, 0.15) is 0 Å². The van der Waals surface area contributed by atoms with E-state index in [0.717, 1.165) is 48.3 Å². The number of nitrogens with zero attached hydrogens (tertiary/aromatic N) is 1. The molecule has 8 heteroatoms. The van der Waals surface area contributed by atoms with Crippen LogP contribution in [0.2, 0.25) is 0 Å². The molecular weight excluding hydrogens is 354 g/mol. The Balaban J connectivity index is 1.51. The molecule has 1 saturated heterocycles. The molecule has 0 unspecified atom stereocenters. The maximum Gasteiger partial charge on any atom is 0.304 e. The van der Waals surface area contributed by atoms with E-state index in [1.807, 2.05) is 6.07 Å². The number of hydrogen-bond acceptors (Lipinski definition) is 5. The zero-order valence-corrected chi connectivity index (χ0v) is 14.9. The lowest BCUT2D eigenvalue weighted by molar-refractivity contribution is -0.128. The number of thiazole rings is 1. The standard InChI is InChI=1S/C18H19N3O4S/c22-15(21(25)10-14-9-20-17(24)26-14)12-1-2-13-8-18(4-3-11(13)7-12)5-6-19-16(18)23/h1-2,7,9,25H,3-6,8,10H2,(H,19,23)(H,20,24)/t18-/m0/s1. The number of nitrogens with one attached hydrogen (secondary N) is 2. The average molecular weight is 373 g/mol. The van der Waals surface area contributed by atoms with Crippen LogP contribution in [0.4, 0.5) is 0 Å². The zero-order valence-electron chi connectivity index (χ0n) is 14.1. The monoisotopic (exact) mass is 373 g/mol.